The minimum absolute atomic E-state index is 0.150. The molecule has 1 aromatic heterocycles. The lowest BCUT2D eigenvalue weighted by Gasteiger charge is -2.40. The number of piperidine rings is 1. The van der Waals surface area contributed by atoms with Crippen LogP contribution >= 0.6 is 0 Å². The molecule has 3 heteroatoms. The van der Waals surface area contributed by atoms with Gasteiger partial charge >= 0.3 is 0 Å². The van der Waals surface area contributed by atoms with Gasteiger partial charge in [0.25, 0.3) is 0 Å². The van der Waals surface area contributed by atoms with Crippen LogP contribution in [-0.4, -0.2) is 33.3 Å². The molecular formula is C16H29N3. The van der Waals surface area contributed by atoms with Crippen molar-refractivity contribution in [2.75, 3.05) is 13.1 Å². The molecule has 108 valence electrons. The van der Waals surface area contributed by atoms with E-state index in [9.17, 15) is 0 Å². The van der Waals surface area contributed by atoms with Gasteiger partial charge in [0.1, 0.15) is 0 Å². The second kappa shape index (κ2) is 4.93. The van der Waals surface area contributed by atoms with Gasteiger partial charge in [0.2, 0.25) is 0 Å². The second-order valence-electron chi connectivity index (χ2n) is 7.82. The van der Waals surface area contributed by atoms with Gasteiger partial charge in [-0.3, -0.25) is 9.58 Å². The number of aromatic nitrogens is 2. The largest absolute Gasteiger partial charge is 0.298 e. The van der Waals surface area contributed by atoms with E-state index in [0.29, 0.717) is 11.6 Å². The fourth-order valence-electron chi connectivity index (χ4n) is 2.74. The van der Waals surface area contributed by atoms with Gasteiger partial charge < -0.3 is 0 Å². The van der Waals surface area contributed by atoms with Gasteiger partial charge in [-0.25, -0.2) is 0 Å². The zero-order valence-electron chi connectivity index (χ0n) is 13.4. The molecule has 3 nitrogen and oxygen atoms in total. The van der Waals surface area contributed by atoms with Gasteiger partial charge in [0.15, 0.2) is 0 Å². The van der Waals surface area contributed by atoms with E-state index in [-0.39, 0.29) is 5.41 Å². The average Bonchev–Trinajstić information content (AvgIpc) is 2.77. The fraction of sp³-hybridized carbons (Fsp3) is 0.812. The standard InChI is InChI=1S/C16H29N3/c1-15(2,3)14-9-12-19(17-14)13-7-10-18(11-8-13)16(4,5)6/h9,12-13H,7-8,10-11H2,1-6H3. The van der Waals surface area contributed by atoms with Gasteiger partial charge in [0.05, 0.1) is 11.7 Å². The Morgan fingerprint density at radius 3 is 2.05 bits per heavy atom. The molecule has 1 fully saturated rings. The van der Waals surface area contributed by atoms with Crippen molar-refractivity contribution >= 4 is 0 Å². The molecule has 0 N–H and O–H groups in total. The van der Waals surface area contributed by atoms with E-state index >= 15 is 0 Å². The number of rotatable bonds is 1. The number of hydrogen-bond donors (Lipinski definition) is 0. The normalized spacial score (nSPS) is 19.9. The molecule has 0 bridgehead atoms. The Kier molecular flexibility index (Phi) is 3.78. The Bertz CT molecular complexity index is 412. The summed E-state index contributed by atoms with van der Waals surface area (Å²) in [6.07, 6.45) is 4.59. The molecule has 2 rings (SSSR count). The van der Waals surface area contributed by atoms with Gasteiger partial charge in [-0.05, 0) is 39.7 Å². The molecule has 0 saturated carbocycles. The van der Waals surface area contributed by atoms with Crippen molar-refractivity contribution in [2.24, 2.45) is 0 Å². The Labute approximate surface area is 118 Å². The maximum absolute atomic E-state index is 4.79. The van der Waals surface area contributed by atoms with Gasteiger partial charge in [-0.15, -0.1) is 0 Å². The van der Waals surface area contributed by atoms with Crippen LogP contribution in [0.1, 0.15) is 66.1 Å². The summed E-state index contributed by atoms with van der Waals surface area (Å²) < 4.78 is 2.20. The van der Waals surface area contributed by atoms with Gasteiger partial charge in [0, 0.05) is 30.2 Å². The SMILES string of the molecule is CC(C)(C)c1ccn(C2CCN(C(C)(C)C)CC2)n1. The molecule has 0 spiro atoms. The molecule has 0 radical (unpaired) electrons. The lowest BCUT2D eigenvalue weighted by molar-refractivity contribution is 0.0868. The third-order valence-electron chi connectivity index (χ3n) is 4.16. The molecule has 2 heterocycles. The molecule has 0 aliphatic carbocycles. The average molecular weight is 263 g/mol. The Morgan fingerprint density at radius 2 is 1.63 bits per heavy atom. The maximum atomic E-state index is 4.79. The molecule has 0 amide bonds. The lowest BCUT2D eigenvalue weighted by atomic mass is 9.93. The first kappa shape index (κ1) is 14.6. The second-order valence-corrected chi connectivity index (χ2v) is 7.82. The molecular weight excluding hydrogens is 234 g/mol. The maximum Gasteiger partial charge on any atom is 0.0678 e. The predicted molar refractivity (Wildman–Crippen MR) is 80.5 cm³/mol. The van der Waals surface area contributed by atoms with Crippen LogP contribution in [0.2, 0.25) is 0 Å². The fourth-order valence-corrected chi connectivity index (χ4v) is 2.74. The van der Waals surface area contributed by atoms with Crippen LogP contribution in [0.25, 0.3) is 0 Å². The highest BCUT2D eigenvalue weighted by Gasteiger charge is 2.28. The smallest absolute Gasteiger partial charge is 0.0678 e. The molecule has 0 atom stereocenters. The first-order valence-electron chi connectivity index (χ1n) is 7.48. The van der Waals surface area contributed by atoms with Crippen LogP contribution in [0.4, 0.5) is 0 Å². The van der Waals surface area contributed by atoms with Crippen LogP contribution in [0.15, 0.2) is 12.3 Å². The summed E-state index contributed by atoms with van der Waals surface area (Å²) in [5, 5.41) is 4.79. The molecule has 0 aromatic carbocycles. The molecule has 1 aromatic rings. The van der Waals surface area contributed by atoms with Crippen LogP contribution < -0.4 is 0 Å². The minimum Gasteiger partial charge on any atom is -0.298 e. The first-order valence-corrected chi connectivity index (χ1v) is 7.48. The van der Waals surface area contributed by atoms with E-state index in [2.05, 4.69) is 63.4 Å². The zero-order chi connectivity index (χ0) is 14.3. The molecule has 1 aliphatic heterocycles. The number of likely N-dealkylation sites (tertiary alicyclic amines) is 1. The highest BCUT2D eigenvalue weighted by molar-refractivity contribution is 5.10. The van der Waals surface area contributed by atoms with Gasteiger partial charge in [-0.2, -0.15) is 5.10 Å². The molecule has 19 heavy (non-hydrogen) atoms. The third kappa shape index (κ3) is 3.38. The van der Waals surface area contributed by atoms with E-state index in [1.807, 2.05) is 0 Å². The minimum atomic E-state index is 0.150. The van der Waals surface area contributed by atoms with Crippen molar-refractivity contribution in [1.82, 2.24) is 14.7 Å². The van der Waals surface area contributed by atoms with E-state index in [0.717, 1.165) is 0 Å². The van der Waals surface area contributed by atoms with Crippen LogP contribution in [0.5, 0.6) is 0 Å². The molecule has 0 unspecified atom stereocenters. The summed E-state index contributed by atoms with van der Waals surface area (Å²) in [5.41, 5.74) is 1.65. The van der Waals surface area contributed by atoms with E-state index in [1.54, 1.807) is 0 Å². The summed E-state index contributed by atoms with van der Waals surface area (Å²) >= 11 is 0. The lowest BCUT2D eigenvalue weighted by Crippen LogP contribution is -2.46. The van der Waals surface area contributed by atoms with Crippen molar-refractivity contribution in [1.29, 1.82) is 0 Å². The number of hydrogen-bond acceptors (Lipinski definition) is 2. The van der Waals surface area contributed by atoms with Gasteiger partial charge in [-0.1, -0.05) is 20.8 Å². The van der Waals surface area contributed by atoms with E-state index < -0.39 is 0 Å². The highest BCUT2D eigenvalue weighted by atomic mass is 15.3. The van der Waals surface area contributed by atoms with Crippen molar-refractivity contribution < 1.29 is 0 Å². The summed E-state index contributed by atoms with van der Waals surface area (Å²) in [7, 11) is 0. The third-order valence-corrected chi connectivity index (χ3v) is 4.16. The van der Waals surface area contributed by atoms with E-state index in [1.165, 1.54) is 31.6 Å². The van der Waals surface area contributed by atoms with Crippen LogP contribution in [0, 0.1) is 0 Å². The first-order chi connectivity index (χ1) is 8.68. The van der Waals surface area contributed by atoms with Crippen molar-refractivity contribution in [2.45, 2.75) is 71.4 Å². The Hall–Kier alpha value is -0.830. The molecule has 1 aliphatic rings. The summed E-state index contributed by atoms with van der Waals surface area (Å²) in [6, 6.07) is 2.76. The Balaban J connectivity index is 2.00. The number of nitrogens with zero attached hydrogens (tertiary/aromatic N) is 3. The van der Waals surface area contributed by atoms with Crippen LogP contribution in [0.3, 0.4) is 0 Å². The molecule has 1 saturated heterocycles. The van der Waals surface area contributed by atoms with E-state index in [4.69, 9.17) is 5.10 Å². The van der Waals surface area contributed by atoms with Crippen LogP contribution in [-0.2, 0) is 5.41 Å². The quantitative estimate of drug-likeness (QED) is 0.771. The van der Waals surface area contributed by atoms with Crippen molar-refractivity contribution in [3.05, 3.63) is 18.0 Å². The monoisotopic (exact) mass is 263 g/mol. The Morgan fingerprint density at radius 1 is 1.05 bits per heavy atom. The summed E-state index contributed by atoms with van der Waals surface area (Å²) in [6.45, 7) is 15.9. The summed E-state index contributed by atoms with van der Waals surface area (Å²) in [4.78, 5) is 2.58. The van der Waals surface area contributed by atoms with Crippen molar-refractivity contribution in [3.8, 4) is 0 Å². The summed E-state index contributed by atoms with van der Waals surface area (Å²) in [5.74, 6) is 0. The predicted octanol–water partition coefficient (Wildman–Crippen LogP) is 3.62. The highest BCUT2D eigenvalue weighted by Crippen LogP contribution is 2.28. The zero-order valence-corrected chi connectivity index (χ0v) is 13.4. The topological polar surface area (TPSA) is 21.1 Å². The van der Waals surface area contributed by atoms with Crippen molar-refractivity contribution in [3.63, 3.8) is 0 Å².